The summed E-state index contributed by atoms with van der Waals surface area (Å²) in [5.74, 6) is 0.319. The van der Waals surface area contributed by atoms with Crippen molar-refractivity contribution in [3.05, 3.63) is 11.6 Å². The van der Waals surface area contributed by atoms with E-state index in [2.05, 4.69) is 20.2 Å². The Bertz CT molecular complexity index is 514. The predicted octanol–water partition coefficient (Wildman–Crippen LogP) is 0.495. The third-order valence-electron chi connectivity index (χ3n) is 3.19. The van der Waals surface area contributed by atoms with Gasteiger partial charge in [-0.05, 0) is 20.8 Å². The highest BCUT2D eigenvalue weighted by Gasteiger charge is 2.20. The number of amides is 1. The van der Waals surface area contributed by atoms with Crippen molar-refractivity contribution in [1.82, 2.24) is 15.2 Å². The second kappa shape index (κ2) is 6.95. The Balaban J connectivity index is 1.80. The fourth-order valence-corrected chi connectivity index (χ4v) is 2.91. The SMILES string of the molecule is CC(C)(C)NC(=O)CN=C(N)N1CCN(c2nccs2)CC1. The predicted molar refractivity (Wildman–Crippen MR) is 90.3 cm³/mol. The average molecular weight is 324 g/mol. The van der Waals surface area contributed by atoms with Crippen LogP contribution >= 0.6 is 11.3 Å². The van der Waals surface area contributed by atoms with Crippen molar-refractivity contribution in [2.45, 2.75) is 26.3 Å². The number of carbonyl (C=O) groups excluding carboxylic acids is 1. The number of hydrogen-bond donors (Lipinski definition) is 2. The Labute approximate surface area is 135 Å². The summed E-state index contributed by atoms with van der Waals surface area (Å²) in [6, 6.07) is 0. The molecule has 8 heteroatoms. The first kappa shape index (κ1) is 16.5. The maximum atomic E-state index is 11.7. The molecule has 1 aromatic heterocycles. The molecule has 1 aromatic rings. The van der Waals surface area contributed by atoms with Gasteiger partial charge in [0.05, 0.1) is 0 Å². The normalized spacial score (nSPS) is 16.8. The number of aliphatic imine (C=N–C) groups is 1. The molecule has 1 saturated heterocycles. The number of anilines is 1. The van der Waals surface area contributed by atoms with Gasteiger partial charge < -0.3 is 20.9 Å². The largest absolute Gasteiger partial charge is 0.370 e. The fourth-order valence-electron chi connectivity index (χ4n) is 2.21. The van der Waals surface area contributed by atoms with E-state index in [1.165, 1.54) is 0 Å². The molecule has 1 aliphatic heterocycles. The molecule has 0 bridgehead atoms. The molecule has 1 fully saturated rings. The van der Waals surface area contributed by atoms with Crippen LogP contribution in [0.4, 0.5) is 5.13 Å². The molecule has 0 saturated carbocycles. The highest BCUT2D eigenvalue weighted by Crippen LogP contribution is 2.18. The van der Waals surface area contributed by atoms with Gasteiger partial charge >= 0.3 is 0 Å². The number of thiazole rings is 1. The van der Waals surface area contributed by atoms with E-state index < -0.39 is 0 Å². The van der Waals surface area contributed by atoms with Crippen molar-refractivity contribution < 1.29 is 4.79 Å². The van der Waals surface area contributed by atoms with Gasteiger partial charge in [-0.15, -0.1) is 11.3 Å². The zero-order valence-electron chi connectivity index (χ0n) is 13.4. The topological polar surface area (TPSA) is 86.8 Å². The van der Waals surface area contributed by atoms with E-state index in [9.17, 15) is 4.79 Å². The third kappa shape index (κ3) is 4.87. The number of carbonyl (C=O) groups is 1. The first-order chi connectivity index (χ1) is 10.3. The zero-order valence-corrected chi connectivity index (χ0v) is 14.2. The minimum atomic E-state index is -0.249. The molecule has 22 heavy (non-hydrogen) atoms. The molecule has 1 amide bonds. The molecule has 0 aliphatic carbocycles. The fraction of sp³-hybridized carbons (Fsp3) is 0.643. The van der Waals surface area contributed by atoms with Crippen LogP contribution in [0.2, 0.25) is 0 Å². The van der Waals surface area contributed by atoms with Crippen LogP contribution in [0.1, 0.15) is 20.8 Å². The monoisotopic (exact) mass is 324 g/mol. The molecular weight excluding hydrogens is 300 g/mol. The van der Waals surface area contributed by atoms with Crippen LogP contribution in [0.15, 0.2) is 16.6 Å². The van der Waals surface area contributed by atoms with Crippen molar-refractivity contribution >= 4 is 28.3 Å². The van der Waals surface area contributed by atoms with Gasteiger partial charge in [0, 0.05) is 43.3 Å². The molecule has 2 heterocycles. The summed E-state index contributed by atoms with van der Waals surface area (Å²) in [6.45, 7) is 9.18. The lowest BCUT2D eigenvalue weighted by molar-refractivity contribution is -0.121. The Kier molecular flexibility index (Phi) is 5.23. The number of rotatable bonds is 3. The first-order valence-corrected chi connectivity index (χ1v) is 8.23. The van der Waals surface area contributed by atoms with Crippen molar-refractivity contribution in [3.63, 3.8) is 0 Å². The van der Waals surface area contributed by atoms with Crippen LogP contribution in [0, 0.1) is 0 Å². The van der Waals surface area contributed by atoms with Gasteiger partial charge in [-0.25, -0.2) is 9.98 Å². The quantitative estimate of drug-likeness (QED) is 0.624. The minimum absolute atomic E-state index is 0.0653. The van der Waals surface area contributed by atoms with Gasteiger partial charge in [0.25, 0.3) is 0 Å². The van der Waals surface area contributed by atoms with Gasteiger partial charge in [0.15, 0.2) is 11.1 Å². The van der Waals surface area contributed by atoms with Crippen LogP contribution in [0.25, 0.3) is 0 Å². The number of nitrogens with one attached hydrogen (secondary N) is 1. The molecule has 0 aromatic carbocycles. The number of aromatic nitrogens is 1. The maximum absolute atomic E-state index is 11.7. The van der Waals surface area contributed by atoms with Crippen LogP contribution in [0.3, 0.4) is 0 Å². The number of nitrogens with two attached hydrogens (primary N) is 1. The lowest BCUT2D eigenvalue weighted by Crippen LogP contribution is -2.51. The van der Waals surface area contributed by atoms with E-state index in [4.69, 9.17) is 5.73 Å². The summed E-state index contributed by atoms with van der Waals surface area (Å²) in [4.78, 5) is 24.5. The Morgan fingerprint density at radius 3 is 2.64 bits per heavy atom. The van der Waals surface area contributed by atoms with Crippen molar-refractivity contribution in [1.29, 1.82) is 0 Å². The summed E-state index contributed by atoms with van der Waals surface area (Å²) >= 11 is 1.64. The minimum Gasteiger partial charge on any atom is -0.370 e. The molecule has 0 radical (unpaired) electrons. The van der Waals surface area contributed by atoms with Crippen LogP contribution in [0.5, 0.6) is 0 Å². The maximum Gasteiger partial charge on any atom is 0.242 e. The van der Waals surface area contributed by atoms with Crippen LogP contribution in [-0.2, 0) is 4.79 Å². The van der Waals surface area contributed by atoms with Crippen molar-refractivity contribution in [3.8, 4) is 0 Å². The molecule has 0 spiro atoms. The standard InChI is InChI=1S/C14H24N6OS/c1-14(2,3)18-11(21)10-17-12(15)19-5-7-20(8-6-19)13-16-4-9-22-13/h4,9H,5-8,10H2,1-3H3,(H2,15,17)(H,18,21). The molecular formula is C14H24N6OS. The molecule has 2 rings (SSSR count). The highest BCUT2D eigenvalue weighted by atomic mass is 32.1. The lowest BCUT2D eigenvalue weighted by Gasteiger charge is -2.35. The van der Waals surface area contributed by atoms with E-state index >= 15 is 0 Å². The lowest BCUT2D eigenvalue weighted by atomic mass is 10.1. The van der Waals surface area contributed by atoms with E-state index in [-0.39, 0.29) is 18.0 Å². The molecule has 0 atom stereocenters. The van der Waals surface area contributed by atoms with Crippen LogP contribution in [-0.4, -0.2) is 60.0 Å². The van der Waals surface area contributed by atoms with E-state index in [1.807, 2.05) is 37.2 Å². The summed E-state index contributed by atoms with van der Waals surface area (Å²) < 4.78 is 0. The molecule has 0 unspecified atom stereocenters. The second-order valence-corrected chi connectivity index (χ2v) is 7.13. The van der Waals surface area contributed by atoms with E-state index in [1.54, 1.807) is 11.3 Å². The zero-order chi connectivity index (χ0) is 16.2. The summed E-state index contributed by atoms with van der Waals surface area (Å²) in [5, 5.41) is 5.89. The molecule has 3 N–H and O–H groups in total. The number of nitrogens with zero attached hydrogens (tertiary/aromatic N) is 4. The van der Waals surface area contributed by atoms with Crippen molar-refractivity contribution in [2.24, 2.45) is 10.7 Å². The Morgan fingerprint density at radius 2 is 2.09 bits per heavy atom. The van der Waals surface area contributed by atoms with Gasteiger partial charge in [-0.1, -0.05) is 0 Å². The highest BCUT2D eigenvalue weighted by molar-refractivity contribution is 7.13. The molecule has 7 nitrogen and oxygen atoms in total. The van der Waals surface area contributed by atoms with Gasteiger partial charge in [-0.3, -0.25) is 4.79 Å². The summed E-state index contributed by atoms with van der Waals surface area (Å²) in [6.07, 6.45) is 1.82. The number of hydrogen-bond acceptors (Lipinski definition) is 5. The number of guanidine groups is 1. The van der Waals surface area contributed by atoms with E-state index in [0.717, 1.165) is 31.3 Å². The molecule has 1 aliphatic rings. The van der Waals surface area contributed by atoms with E-state index in [0.29, 0.717) is 5.96 Å². The van der Waals surface area contributed by atoms with Gasteiger partial charge in [0.2, 0.25) is 5.91 Å². The third-order valence-corrected chi connectivity index (χ3v) is 4.02. The van der Waals surface area contributed by atoms with Crippen LogP contribution < -0.4 is 16.0 Å². The summed E-state index contributed by atoms with van der Waals surface area (Å²) in [7, 11) is 0. The Morgan fingerprint density at radius 1 is 1.41 bits per heavy atom. The Hall–Kier alpha value is -1.83. The van der Waals surface area contributed by atoms with Gasteiger partial charge in [-0.2, -0.15) is 0 Å². The second-order valence-electron chi connectivity index (χ2n) is 6.26. The van der Waals surface area contributed by atoms with Gasteiger partial charge in [0.1, 0.15) is 6.54 Å². The number of piperazine rings is 1. The average Bonchev–Trinajstić information content (AvgIpc) is 2.97. The first-order valence-electron chi connectivity index (χ1n) is 7.35. The van der Waals surface area contributed by atoms with Crippen molar-refractivity contribution in [2.75, 3.05) is 37.6 Å². The molecule has 122 valence electrons. The summed E-state index contributed by atoms with van der Waals surface area (Å²) in [5.41, 5.74) is 5.74. The smallest absolute Gasteiger partial charge is 0.242 e.